The van der Waals surface area contributed by atoms with Crippen LogP contribution in [0.3, 0.4) is 0 Å². The number of likely N-dealkylation sites (tertiary alicyclic amines) is 1. The lowest BCUT2D eigenvalue weighted by Gasteiger charge is -2.17. The van der Waals surface area contributed by atoms with Gasteiger partial charge in [0.25, 0.3) is 5.91 Å². The summed E-state index contributed by atoms with van der Waals surface area (Å²) in [6.45, 7) is 1.43. The summed E-state index contributed by atoms with van der Waals surface area (Å²) in [5.41, 5.74) is 8.49. The predicted molar refractivity (Wildman–Crippen MR) is 108 cm³/mol. The number of nitrogens with zero attached hydrogens (tertiary/aromatic N) is 1. The van der Waals surface area contributed by atoms with Crippen molar-refractivity contribution in [2.45, 2.75) is 12.8 Å². The average molecular weight is 374 g/mol. The first-order chi connectivity index (χ1) is 13.6. The van der Waals surface area contributed by atoms with E-state index in [2.05, 4.69) is 0 Å². The van der Waals surface area contributed by atoms with Crippen molar-refractivity contribution in [2.75, 3.05) is 13.1 Å². The van der Waals surface area contributed by atoms with Crippen molar-refractivity contribution in [3.8, 4) is 5.75 Å². The van der Waals surface area contributed by atoms with Crippen LogP contribution in [0, 0.1) is 5.92 Å². The third-order valence-corrected chi connectivity index (χ3v) is 5.23. The Balaban J connectivity index is 1.44. The maximum absolute atomic E-state index is 13.0. The zero-order chi connectivity index (χ0) is 19.5. The van der Waals surface area contributed by atoms with E-state index in [1.165, 1.54) is 0 Å². The summed E-state index contributed by atoms with van der Waals surface area (Å²) in [4.78, 5) is 26.3. The fourth-order valence-electron chi connectivity index (χ4n) is 3.79. The van der Waals surface area contributed by atoms with Crippen molar-refractivity contribution >= 4 is 17.9 Å². The maximum atomic E-state index is 13.0. The van der Waals surface area contributed by atoms with Crippen LogP contribution in [0.2, 0.25) is 0 Å². The predicted octanol–water partition coefficient (Wildman–Crippen LogP) is 3.17. The van der Waals surface area contributed by atoms with Crippen LogP contribution in [0.1, 0.15) is 27.9 Å². The molecule has 0 aliphatic carbocycles. The van der Waals surface area contributed by atoms with Crippen LogP contribution in [0.25, 0.3) is 6.08 Å². The number of hydrogen-bond donors (Lipinski definition) is 1. The number of nitrogens with two attached hydrogens (primary N) is 1. The van der Waals surface area contributed by atoms with Crippen molar-refractivity contribution in [1.29, 1.82) is 0 Å². The summed E-state index contributed by atoms with van der Waals surface area (Å²) in [5.74, 6) is 0.714. The number of amides is 2. The van der Waals surface area contributed by atoms with Gasteiger partial charge in [-0.25, -0.2) is 0 Å². The van der Waals surface area contributed by atoms with Gasteiger partial charge in [0.15, 0.2) is 0 Å². The molecule has 0 unspecified atom stereocenters. The number of para-hydroxylation sites is 1. The van der Waals surface area contributed by atoms with Gasteiger partial charge >= 0.3 is 0 Å². The van der Waals surface area contributed by atoms with E-state index < -0.39 is 5.91 Å². The Hall–Kier alpha value is -3.34. The smallest absolute Gasteiger partial charge is 0.253 e. The highest BCUT2D eigenvalue weighted by Crippen LogP contribution is 2.27. The summed E-state index contributed by atoms with van der Waals surface area (Å²) in [7, 11) is 0. The largest absolute Gasteiger partial charge is 0.464 e. The first-order valence-corrected chi connectivity index (χ1v) is 9.42. The lowest BCUT2D eigenvalue weighted by molar-refractivity contribution is -0.125. The zero-order valence-electron chi connectivity index (χ0n) is 15.5. The second-order valence-electron chi connectivity index (χ2n) is 7.23. The van der Waals surface area contributed by atoms with Crippen LogP contribution in [0.4, 0.5) is 0 Å². The van der Waals surface area contributed by atoms with Crippen LogP contribution in [0.15, 0.2) is 66.4 Å². The molecular weight excluding hydrogens is 352 g/mol. The van der Waals surface area contributed by atoms with E-state index in [0.29, 0.717) is 23.6 Å². The fraction of sp³-hybridized carbons (Fsp3) is 0.217. The standard InChI is InChI=1S/C23H22N2O3/c24-22(26)19-6-3-4-16(13-19)12-17-8-10-25(15-17)23(27)20-9-11-28-21-7-2-1-5-18(21)14-20/h1-7,9,11,13-14,17H,8,10,12,15H2,(H2,24,26)/t17-/m1/s1. The van der Waals surface area contributed by atoms with Crippen LogP contribution in [0.5, 0.6) is 5.75 Å². The van der Waals surface area contributed by atoms with Crippen molar-refractivity contribution in [2.24, 2.45) is 11.7 Å². The number of hydrogen-bond acceptors (Lipinski definition) is 3. The number of carbonyl (C=O) groups is 2. The summed E-state index contributed by atoms with van der Waals surface area (Å²) < 4.78 is 5.58. The van der Waals surface area contributed by atoms with Gasteiger partial charge in [0, 0.05) is 29.8 Å². The molecule has 4 rings (SSSR count). The van der Waals surface area contributed by atoms with Crippen LogP contribution in [-0.2, 0) is 11.2 Å². The van der Waals surface area contributed by atoms with Crippen molar-refractivity contribution in [3.63, 3.8) is 0 Å². The fourth-order valence-corrected chi connectivity index (χ4v) is 3.79. The van der Waals surface area contributed by atoms with E-state index in [4.69, 9.17) is 10.5 Å². The van der Waals surface area contributed by atoms with Crippen molar-refractivity contribution in [3.05, 3.63) is 83.1 Å². The molecule has 2 aliphatic heterocycles. The third kappa shape index (κ3) is 3.83. The molecule has 2 N–H and O–H groups in total. The molecule has 1 saturated heterocycles. The number of carbonyl (C=O) groups excluding carboxylic acids is 2. The first-order valence-electron chi connectivity index (χ1n) is 9.42. The van der Waals surface area contributed by atoms with Gasteiger partial charge in [-0.1, -0.05) is 30.3 Å². The normalized spacial score (nSPS) is 18.1. The average Bonchev–Trinajstić information content (AvgIpc) is 3.05. The number of primary amides is 1. The molecular formula is C23H22N2O3. The van der Waals surface area contributed by atoms with Gasteiger partial charge in [0.2, 0.25) is 5.91 Å². The van der Waals surface area contributed by atoms with E-state index in [0.717, 1.165) is 36.3 Å². The Morgan fingerprint density at radius 3 is 2.86 bits per heavy atom. The Labute approximate surface area is 164 Å². The topological polar surface area (TPSA) is 72.6 Å². The van der Waals surface area contributed by atoms with Gasteiger partial charge in [0.05, 0.1) is 6.26 Å². The van der Waals surface area contributed by atoms with Gasteiger partial charge in [-0.3, -0.25) is 9.59 Å². The maximum Gasteiger partial charge on any atom is 0.253 e. The molecule has 0 saturated carbocycles. The van der Waals surface area contributed by atoms with Gasteiger partial charge in [-0.2, -0.15) is 0 Å². The molecule has 2 aliphatic rings. The minimum absolute atomic E-state index is 0.0185. The van der Waals surface area contributed by atoms with Gasteiger partial charge in [-0.05, 0) is 54.7 Å². The van der Waals surface area contributed by atoms with E-state index in [9.17, 15) is 9.59 Å². The summed E-state index contributed by atoms with van der Waals surface area (Å²) >= 11 is 0. The highest BCUT2D eigenvalue weighted by Gasteiger charge is 2.28. The molecule has 1 atom stereocenters. The Morgan fingerprint density at radius 2 is 2.00 bits per heavy atom. The Morgan fingerprint density at radius 1 is 1.14 bits per heavy atom. The minimum Gasteiger partial charge on any atom is -0.464 e. The van der Waals surface area contributed by atoms with E-state index in [-0.39, 0.29) is 5.91 Å². The molecule has 0 radical (unpaired) electrons. The van der Waals surface area contributed by atoms with Crippen molar-refractivity contribution in [1.82, 2.24) is 4.90 Å². The van der Waals surface area contributed by atoms with Crippen LogP contribution in [-0.4, -0.2) is 29.8 Å². The van der Waals surface area contributed by atoms with Gasteiger partial charge in [-0.15, -0.1) is 0 Å². The lowest BCUT2D eigenvalue weighted by atomic mass is 9.97. The highest BCUT2D eigenvalue weighted by atomic mass is 16.5. The molecule has 1 fully saturated rings. The molecule has 2 amide bonds. The monoisotopic (exact) mass is 374 g/mol. The lowest BCUT2D eigenvalue weighted by Crippen LogP contribution is -2.29. The van der Waals surface area contributed by atoms with Gasteiger partial charge in [0.1, 0.15) is 5.75 Å². The molecule has 5 nitrogen and oxygen atoms in total. The number of ether oxygens (including phenoxy) is 1. The molecule has 0 bridgehead atoms. The molecule has 28 heavy (non-hydrogen) atoms. The molecule has 2 aromatic rings. The van der Waals surface area contributed by atoms with E-state index in [1.54, 1.807) is 18.4 Å². The van der Waals surface area contributed by atoms with Crippen LogP contribution < -0.4 is 10.5 Å². The summed E-state index contributed by atoms with van der Waals surface area (Å²) in [6.07, 6.45) is 6.94. The second kappa shape index (κ2) is 7.72. The van der Waals surface area contributed by atoms with E-state index in [1.807, 2.05) is 53.4 Å². The van der Waals surface area contributed by atoms with Crippen molar-refractivity contribution < 1.29 is 14.3 Å². The Bertz CT molecular complexity index is 977. The number of fused-ring (bicyclic) bond motifs is 1. The Kier molecular flexibility index (Phi) is 4.98. The van der Waals surface area contributed by atoms with Crippen LogP contribution >= 0.6 is 0 Å². The third-order valence-electron chi connectivity index (χ3n) is 5.23. The molecule has 0 spiro atoms. The SMILES string of the molecule is NC(=O)c1cccc(C[C@H]2CCN(C(=O)C3=Cc4ccccc4OC=C3)C2)c1. The zero-order valence-corrected chi connectivity index (χ0v) is 15.5. The quantitative estimate of drug-likeness (QED) is 0.893. The summed E-state index contributed by atoms with van der Waals surface area (Å²) in [5, 5.41) is 0. The molecule has 5 heteroatoms. The first kappa shape index (κ1) is 18.0. The molecule has 142 valence electrons. The highest BCUT2D eigenvalue weighted by molar-refractivity contribution is 6.01. The molecule has 0 aromatic heterocycles. The second-order valence-corrected chi connectivity index (χ2v) is 7.23. The number of rotatable bonds is 4. The summed E-state index contributed by atoms with van der Waals surface area (Å²) in [6, 6.07) is 15.1. The van der Waals surface area contributed by atoms with Gasteiger partial charge < -0.3 is 15.4 Å². The number of benzene rings is 2. The minimum atomic E-state index is -0.417. The molecule has 2 heterocycles. The van der Waals surface area contributed by atoms with E-state index >= 15 is 0 Å². The molecule has 2 aromatic carbocycles.